The first-order valence-electron chi connectivity index (χ1n) is 10.1. The second-order valence-corrected chi connectivity index (χ2v) is 7.12. The summed E-state index contributed by atoms with van der Waals surface area (Å²) in [4.78, 5) is 13.7. The molecule has 0 radical (unpaired) electrons. The Kier molecular flexibility index (Phi) is 6.20. The van der Waals surface area contributed by atoms with Crippen LogP contribution in [0.3, 0.4) is 0 Å². The molecule has 0 fully saturated rings. The highest BCUT2D eigenvalue weighted by Gasteiger charge is 2.23. The summed E-state index contributed by atoms with van der Waals surface area (Å²) in [6, 6.07) is 37.8. The van der Waals surface area contributed by atoms with Gasteiger partial charge in [-0.15, -0.1) is 0 Å². The van der Waals surface area contributed by atoms with Gasteiger partial charge in [-0.05, 0) is 22.8 Å². The average molecular weight is 402 g/mol. The number of aliphatic hydroxyl groups excluding tert-OH is 1. The van der Waals surface area contributed by atoms with Crippen LogP contribution < -0.4 is 0 Å². The van der Waals surface area contributed by atoms with Crippen LogP contribution in [0.5, 0.6) is 0 Å². The van der Waals surface area contributed by atoms with Crippen molar-refractivity contribution in [2.75, 3.05) is 0 Å². The Bertz CT molecular complexity index is 1210. The fraction of sp³-hybridized carbons (Fsp3) is 0. The van der Waals surface area contributed by atoms with Crippen molar-refractivity contribution in [1.29, 1.82) is 0 Å². The van der Waals surface area contributed by atoms with Gasteiger partial charge < -0.3 is 5.11 Å². The molecule has 0 aliphatic carbocycles. The van der Waals surface area contributed by atoms with E-state index in [1.54, 1.807) is 24.3 Å². The Hall–Kier alpha value is -4.17. The number of rotatable bonds is 6. The minimum absolute atomic E-state index is 0.0412. The standard InChI is InChI=1S/C29H22O2/c30-28(24-17-9-3-10-18-24)27(29(31)25-19-11-4-12-20-25)26(23-15-7-2-8-16-23)21-22-13-5-1-6-14-22/h1-21,30H/b26-21-,28-27+. The molecule has 0 aliphatic heterocycles. The molecule has 0 atom stereocenters. The minimum Gasteiger partial charge on any atom is -0.507 e. The number of benzene rings is 4. The molecule has 0 saturated heterocycles. The summed E-state index contributed by atoms with van der Waals surface area (Å²) >= 11 is 0. The highest BCUT2D eigenvalue weighted by Crippen LogP contribution is 2.33. The topological polar surface area (TPSA) is 37.3 Å². The molecule has 0 aromatic heterocycles. The molecule has 0 heterocycles. The Morgan fingerprint density at radius 2 is 0.968 bits per heavy atom. The molecule has 1 N–H and O–H groups in total. The highest BCUT2D eigenvalue weighted by atomic mass is 16.3. The van der Waals surface area contributed by atoms with Crippen LogP contribution in [0.25, 0.3) is 17.4 Å². The van der Waals surface area contributed by atoms with Gasteiger partial charge in [-0.25, -0.2) is 0 Å². The summed E-state index contributed by atoms with van der Waals surface area (Å²) < 4.78 is 0. The lowest BCUT2D eigenvalue weighted by atomic mass is 9.88. The third kappa shape index (κ3) is 4.71. The summed E-state index contributed by atoms with van der Waals surface area (Å²) in [5.74, 6) is -0.270. The summed E-state index contributed by atoms with van der Waals surface area (Å²) in [6.07, 6.45) is 1.95. The number of hydrogen-bond donors (Lipinski definition) is 1. The van der Waals surface area contributed by atoms with Gasteiger partial charge in [0.25, 0.3) is 0 Å². The van der Waals surface area contributed by atoms with Gasteiger partial charge in [0.1, 0.15) is 5.76 Å². The SMILES string of the molecule is O=C(C(/C(=C\c1ccccc1)c1ccccc1)=C(/O)c1ccccc1)c1ccccc1. The van der Waals surface area contributed by atoms with E-state index in [4.69, 9.17) is 0 Å². The second-order valence-electron chi connectivity index (χ2n) is 7.12. The smallest absolute Gasteiger partial charge is 0.197 e. The monoisotopic (exact) mass is 402 g/mol. The third-order valence-electron chi connectivity index (χ3n) is 5.01. The molecule has 0 saturated carbocycles. The fourth-order valence-electron chi connectivity index (χ4n) is 3.47. The predicted molar refractivity (Wildman–Crippen MR) is 128 cm³/mol. The van der Waals surface area contributed by atoms with Crippen LogP contribution >= 0.6 is 0 Å². The van der Waals surface area contributed by atoms with Crippen LogP contribution in [0.15, 0.2) is 127 Å². The molecule has 0 bridgehead atoms. The van der Waals surface area contributed by atoms with Crippen LogP contribution in [-0.4, -0.2) is 10.9 Å². The van der Waals surface area contributed by atoms with E-state index in [2.05, 4.69) is 0 Å². The van der Waals surface area contributed by atoms with Gasteiger partial charge >= 0.3 is 0 Å². The largest absolute Gasteiger partial charge is 0.507 e. The number of carbonyl (C=O) groups is 1. The molecule has 4 aromatic rings. The summed E-state index contributed by atoms with van der Waals surface area (Å²) in [7, 11) is 0. The van der Waals surface area contributed by atoms with Gasteiger partial charge in [-0.2, -0.15) is 0 Å². The van der Waals surface area contributed by atoms with E-state index < -0.39 is 0 Å². The van der Waals surface area contributed by atoms with E-state index in [0.29, 0.717) is 16.7 Å². The molecular weight excluding hydrogens is 380 g/mol. The summed E-state index contributed by atoms with van der Waals surface area (Å²) in [5, 5.41) is 11.3. The zero-order valence-electron chi connectivity index (χ0n) is 17.0. The van der Waals surface area contributed by atoms with Crippen molar-refractivity contribution in [2.45, 2.75) is 0 Å². The summed E-state index contributed by atoms with van der Waals surface area (Å²) in [5.41, 5.74) is 3.86. The second kappa shape index (κ2) is 9.55. The zero-order chi connectivity index (χ0) is 21.5. The fourth-order valence-corrected chi connectivity index (χ4v) is 3.47. The van der Waals surface area contributed by atoms with E-state index in [-0.39, 0.29) is 17.1 Å². The van der Waals surface area contributed by atoms with Gasteiger partial charge in [-0.3, -0.25) is 4.79 Å². The van der Waals surface area contributed by atoms with E-state index in [0.717, 1.165) is 11.1 Å². The molecule has 2 nitrogen and oxygen atoms in total. The minimum atomic E-state index is -0.229. The molecule has 2 heteroatoms. The lowest BCUT2D eigenvalue weighted by Crippen LogP contribution is -2.09. The average Bonchev–Trinajstić information content (AvgIpc) is 2.85. The number of aliphatic hydroxyl groups is 1. The molecule has 4 rings (SSSR count). The van der Waals surface area contributed by atoms with Crippen LogP contribution in [0, 0.1) is 0 Å². The van der Waals surface area contributed by atoms with Gasteiger partial charge in [0.2, 0.25) is 0 Å². The molecule has 0 unspecified atom stereocenters. The lowest BCUT2D eigenvalue weighted by molar-refractivity contribution is 0.103. The molecular formula is C29H22O2. The maximum Gasteiger partial charge on any atom is 0.197 e. The summed E-state index contributed by atoms with van der Waals surface area (Å²) in [6.45, 7) is 0. The molecule has 0 amide bonds. The molecule has 4 aromatic carbocycles. The maximum absolute atomic E-state index is 13.7. The quantitative estimate of drug-likeness (QED) is 0.123. The Balaban J connectivity index is 1.99. The molecule has 31 heavy (non-hydrogen) atoms. The highest BCUT2D eigenvalue weighted by molar-refractivity contribution is 6.24. The number of allylic oxidation sites excluding steroid dienone is 2. The Morgan fingerprint density at radius 3 is 1.48 bits per heavy atom. The zero-order valence-corrected chi connectivity index (χ0v) is 17.0. The first kappa shape index (κ1) is 20.1. The van der Waals surface area contributed by atoms with Crippen LogP contribution in [-0.2, 0) is 0 Å². The van der Waals surface area contributed by atoms with Gasteiger partial charge in [0.15, 0.2) is 5.78 Å². The van der Waals surface area contributed by atoms with Crippen molar-refractivity contribution in [1.82, 2.24) is 0 Å². The van der Waals surface area contributed by atoms with Crippen LogP contribution in [0.4, 0.5) is 0 Å². The molecule has 150 valence electrons. The number of hydrogen-bond acceptors (Lipinski definition) is 2. The van der Waals surface area contributed by atoms with Crippen molar-refractivity contribution in [3.05, 3.63) is 149 Å². The normalized spacial score (nSPS) is 12.2. The van der Waals surface area contributed by atoms with Gasteiger partial charge in [-0.1, -0.05) is 121 Å². The Labute approximate surface area is 182 Å². The maximum atomic E-state index is 13.7. The lowest BCUT2D eigenvalue weighted by Gasteiger charge is -2.16. The van der Waals surface area contributed by atoms with E-state index in [1.165, 1.54) is 0 Å². The first-order valence-corrected chi connectivity index (χ1v) is 10.1. The van der Waals surface area contributed by atoms with Crippen LogP contribution in [0.1, 0.15) is 27.0 Å². The molecule has 0 aliphatic rings. The van der Waals surface area contributed by atoms with E-state index in [1.807, 2.05) is 103 Å². The van der Waals surface area contributed by atoms with Crippen molar-refractivity contribution in [2.24, 2.45) is 0 Å². The van der Waals surface area contributed by atoms with Gasteiger partial charge in [0.05, 0.1) is 5.57 Å². The van der Waals surface area contributed by atoms with Gasteiger partial charge in [0, 0.05) is 11.1 Å². The van der Waals surface area contributed by atoms with Crippen LogP contribution in [0.2, 0.25) is 0 Å². The van der Waals surface area contributed by atoms with Crippen molar-refractivity contribution >= 4 is 23.2 Å². The third-order valence-corrected chi connectivity index (χ3v) is 5.01. The van der Waals surface area contributed by atoms with E-state index >= 15 is 0 Å². The number of carbonyl (C=O) groups excluding carboxylic acids is 1. The molecule has 0 spiro atoms. The predicted octanol–water partition coefficient (Wildman–Crippen LogP) is 7.08. The number of Topliss-reactive ketones (excluding diaryl/α,β-unsaturated/α-hetero) is 1. The van der Waals surface area contributed by atoms with Crippen molar-refractivity contribution in [3.63, 3.8) is 0 Å². The first-order chi connectivity index (χ1) is 15.2. The van der Waals surface area contributed by atoms with Crippen molar-refractivity contribution < 1.29 is 9.90 Å². The van der Waals surface area contributed by atoms with Crippen molar-refractivity contribution in [3.8, 4) is 0 Å². The number of ketones is 1. The Morgan fingerprint density at radius 1 is 0.548 bits per heavy atom. The van der Waals surface area contributed by atoms with E-state index in [9.17, 15) is 9.90 Å².